The molecule has 1 saturated heterocycles. The summed E-state index contributed by atoms with van der Waals surface area (Å²) < 4.78 is 5.56. The van der Waals surface area contributed by atoms with Crippen LogP contribution in [0.15, 0.2) is 47.6 Å². The highest BCUT2D eigenvalue weighted by Crippen LogP contribution is 2.28. The smallest absolute Gasteiger partial charge is 0.191 e. The Morgan fingerprint density at radius 1 is 1.32 bits per heavy atom. The molecule has 2 heterocycles. The molecule has 3 rings (SSSR count). The summed E-state index contributed by atoms with van der Waals surface area (Å²) in [6, 6.07) is 12.3. The Kier molecular flexibility index (Phi) is 10.1. The van der Waals surface area contributed by atoms with Crippen LogP contribution in [0.2, 0.25) is 5.02 Å². The van der Waals surface area contributed by atoms with E-state index < -0.39 is 0 Å². The molecule has 2 N–H and O–H groups in total. The third-order valence-electron chi connectivity index (χ3n) is 5.38. The van der Waals surface area contributed by atoms with Crippen LogP contribution < -0.4 is 20.3 Å². The maximum absolute atomic E-state index is 6.31. The van der Waals surface area contributed by atoms with Gasteiger partial charge >= 0.3 is 0 Å². The van der Waals surface area contributed by atoms with Gasteiger partial charge in [0.2, 0.25) is 0 Å². The quantitative estimate of drug-likeness (QED) is 0.309. The van der Waals surface area contributed by atoms with Crippen molar-refractivity contribution in [3.8, 4) is 5.75 Å². The molecule has 2 aromatic rings. The number of nitrogens with one attached hydrogen (secondary N) is 2. The van der Waals surface area contributed by atoms with E-state index in [0.717, 1.165) is 42.6 Å². The maximum Gasteiger partial charge on any atom is 0.191 e. The molecule has 1 aromatic heterocycles. The Morgan fingerprint density at radius 3 is 2.77 bits per heavy atom. The first-order valence-electron chi connectivity index (χ1n) is 10.2. The molecule has 0 aliphatic carbocycles. The van der Waals surface area contributed by atoms with E-state index in [0.29, 0.717) is 11.6 Å². The van der Waals surface area contributed by atoms with Gasteiger partial charge in [0.05, 0.1) is 18.2 Å². The first-order valence-corrected chi connectivity index (χ1v) is 10.5. The van der Waals surface area contributed by atoms with Crippen LogP contribution >= 0.6 is 35.6 Å². The fourth-order valence-electron chi connectivity index (χ4n) is 3.77. The Morgan fingerprint density at radius 2 is 2.10 bits per heavy atom. The minimum absolute atomic E-state index is 0. The molecule has 1 aliphatic rings. The van der Waals surface area contributed by atoms with Gasteiger partial charge in [0.25, 0.3) is 0 Å². The highest BCUT2D eigenvalue weighted by atomic mass is 127. The number of methoxy groups -OCH3 is 1. The molecule has 0 bridgehead atoms. The molecule has 1 aliphatic heterocycles. The number of pyridine rings is 1. The van der Waals surface area contributed by atoms with Gasteiger partial charge in [0, 0.05) is 44.5 Å². The van der Waals surface area contributed by atoms with Gasteiger partial charge in [-0.25, -0.2) is 4.98 Å². The average Bonchev–Trinajstić information content (AvgIpc) is 3.21. The second kappa shape index (κ2) is 12.3. The summed E-state index contributed by atoms with van der Waals surface area (Å²) in [6.07, 6.45) is 2.78. The van der Waals surface area contributed by atoms with Crippen molar-refractivity contribution >= 4 is 47.4 Å². The molecule has 170 valence electrons. The third-order valence-corrected chi connectivity index (χ3v) is 5.67. The molecule has 0 radical (unpaired) electrons. The van der Waals surface area contributed by atoms with Crippen LogP contribution in [0.1, 0.15) is 18.0 Å². The lowest BCUT2D eigenvalue weighted by molar-refractivity contribution is 0.287. The summed E-state index contributed by atoms with van der Waals surface area (Å²) in [5, 5.41) is 7.70. The Hall–Kier alpha value is -1.78. The number of guanidine groups is 1. The number of likely N-dealkylation sites (N-methyl/N-ethyl adjacent to an activating group) is 1. The lowest BCUT2D eigenvalue weighted by Gasteiger charge is -2.28. The van der Waals surface area contributed by atoms with Crippen LogP contribution in [0, 0.1) is 0 Å². The number of para-hydroxylation sites is 1. The molecule has 1 fully saturated rings. The first-order chi connectivity index (χ1) is 14.5. The number of nitrogens with zero attached hydrogens (tertiary/aromatic N) is 4. The summed E-state index contributed by atoms with van der Waals surface area (Å²) in [6.45, 7) is 2.45. The summed E-state index contributed by atoms with van der Waals surface area (Å²) in [4.78, 5) is 13.2. The zero-order valence-electron chi connectivity index (χ0n) is 18.5. The van der Waals surface area contributed by atoms with E-state index in [4.69, 9.17) is 16.3 Å². The number of aromatic nitrogens is 1. The number of benzene rings is 1. The maximum atomic E-state index is 6.31. The predicted octanol–water partition coefficient (Wildman–Crippen LogP) is 3.41. The van der Waals surface area contributed by atoms with E-state index >= 15 is 0 Å². The molecule has 0 saturated carbocycles. The Bertz CT molecular complexity index is 865. The summed E-state index contributed by atoms with van der Waals surface area (Å²) in [5.41, 5.74) is 1.14. The normalized spacial score (nSPS) is 17.3. The fourth-order valence-corrected chi connectivity index (χ4v) is 4.02. The second-order valence-corrected chi connectivity index (χ2v) is 7.97. The van der Waals surface area contributed by atoms with E-state index in [-0.39, 0.29) is 36.1 Å². The van der Waals surface area contributed by atoms with Crippen LogP contribution in [-0.2, 0) is 0 Å². The zero-order chi connectivity index (χ0) is 21.5. The molecule has 0 amide bonds. The average molecular weight is 559 g/mol. The number of rotatable bonds is 7. The van der Waals surface area contributed by atoms with E-state index in [1.54, 1.807) is 20.4 Å². The SMILES string of the molecule is CN=C(NCC(c1ccccc1OC)N(C)C)NC1CCN(c2ncccc2Cl)C1.I. The number of aliphatic imine (C=N–C) groups is 1. The van der Waals surface area contributed by atoms with Gasteiger partial charge in [0.1, 0.15) is 11.6 Å². The van der Waals surface area contributed by atoms with Crippen LogP contribution in [-0.4, -0.2) is 69.8 Å². The molecule has 1 aromatic carbocycles. The van der Waals surface area contributed by atoms with Crippen molar-refractivity contribution in [3.63, 3.8) is 0 Å². The second-order valence-electron chi connectivity index (χ2n) is 7.56. The van der Waals surface area contributed by atoms with Crippen molar-refractivity contribution in [2.24, 2.45) is 4.99 Å². The minimum Gasteiger partial charge on any atom is -0.496 e. The molecule has 2 atom stereocenters. The third kappa shape index (κ3) is 6.60. The van der Waals surface area contributed by atoms with Gasteiger partial charge in [-0.05, 0) is 38.7 Å². The van der Waals surface area contributed by atoms with Crippen molar-refractivity contribution in [2.75, 3.05) is 52.8 Å². The monoisotopic (exact) mass is 558 g/mol. The van der Waals surface area contributed by atoms with Gasteiger partial charge in [-0.3, -0.25) is 4.99 Å². The summed E-state index contributed by atoms with van der Waals surface area (Å²) in [7, 11) is 7.64. The van der Waals surface area contributed by atoms with Crippen molar-refractivity contribution in [2.45, 2.75) is 18.5 Å². The molecular weight excluding hydrogens is 527 g/mol. The van der Waals surface area contributed by atoms with E-state index in [2.05, 4.69) is 50.6 Å². The van der Waals surface area contributed by atoms with Crippen molar-refractivity contribution in [1.29, 1.82) is 0 Å². The number of hydrogen-bond donors (Lipinski definition) is 2. The number of ether oxygens (including phenoxy) is 1. The van der Waals surface area contributed by atoms with Gasteiger partial charge in [-0.15, -0.1) is 24.0 Å². The first kappa shape index (κ1) is 25.5. The predicted molar refractivity (Wildman–Crippen MR) is 139 cm³/mol. The minimum atomic E-state index is 0. The highest BCUT2D eigenvalue weighted by molar-refractivity contribution is 14.0. The van der Waals surface area contributed by atoms with Crippen molar-refractivity contribution < 1.29 is 4.74 Å². The summed E-state index contributed by atoms with van der Waals surface area (Å²) in [5.74, 6) is 2.52. The van der Waals surface area contributed by atoms with Crippen LogP contribution in [0.3, 0.4) is 0 Å². The van der Waals surface area contributed by atoms with E-state index in [9.17, 15) is 0 Å². The highest BCUT2D eigenvalue weighted by Gasteiger charge is 2.26. The van der Waals surface area contributed by atoms with Gasteiger partial charge in [0.15, 0.2) is 5.96 Å². The van der Waals surface area contributed by atoms with Crippen LogP contribution in [0.5, 0.6) is 5.75 Å². The Labute approximate surface area is 207 Å². The zero-order valence-corrected chi connectivity index (χ0v) is 21.6. The summed E-state index contributed by atoms with van der Waals surface area (Å²) >= 11 is 6.31. The topological polar surface area (TPSA) is 65.0 Å². The molecule has 2 unspecified atom stereocenters. The number of anilines is 1. The van der Waals surface area contributed by atoms with E-state index in [1.165, 1.54) is 0 Å². The molecule has 0 spiro atoms. The lowest BCUT2D eigenvalue weighted by atomic mass is 10.0. The van der Waals surface area contributed by atoms with Crippen LogP contribution in [0.4, 0.5) is 5.82 Å². The van der Waals surface area contributed by atoms with Crippen molar-refractivity contribution in [3.05, 3.63) is 53.2 Å². The largest absolute Gasteiger partial charge is 0.496 e. The lowest BCUT2D eigenvalue weighted by Crippen LogP contribution is -2.46. The van der Waals surface area contributed by atoms with Crippen LogP contribution in [0.25, 0.3) is 0 Å². The number of hydrogen-bond acceptors (Lipinski definition) is 5. The van der Waals surface area contributed by atoms with Crippen molar-refractivity contribution in [1.82, 2.24) is 20.5 Å². The Balaban J connectivity index is 0.00000341. The molecule has 9 heteroatoms. The van der Waals surface area contributed by atoms with E-state index in [1.807, 2.05) is 30.3 Å². The molecule has 31 heavy (non-hydrogen) atoms. The number of halogens is 2. The molecular formula is C22H32ClIN6O. The van der Waals surface area contributed by atoms with Gasteiger partial charge < -0.3 is 25.2 Å². The standard InChI is InChI=1S/C22H31ClN6O.HI/c1-24-22(26-14-19(28(2)3)17-8-5-6-10-20(17)30-4)27-16-11-13-29(15-16)21-18(23)9-7-12-25-21;/h5-10,12,16,19H,11,13-15H2,1-4H3,(H2,24,26,27);1H. The van der Waals surface area contributed by atoms with Gasteiger partial charge in [-0.1, -0.05) is 29.8 Å². The van der Waals surface area contributed by atoms with Gasteiger partial charge in [-0.2, -0.15) is 0 Å². The fraction of sp³-hybridized carbons (Fsp3) is 0.455. The molecule has 7 nitrogen and oxygen atoms in total.